The number of hydrogen-bond acceptors (Lipinski definition) is 4. The molecule has 0 fully saturated rings. The molecule has 1 amide bonds. The van der Waals surface area contributed by atoms with Gasteiger partial charge in [0, 0.05) is 31.5 Å². The molecule has 0 saturated heterocycles. The van der Waals surface area contributed by atoms with E-state index in [1.165, 1.54) is 7.11 Å². The van der Waals surface area contributed by atoms with Crippen LogP contribution in [-0.2, 0) is 11.2 Å². The molecule has 0 aliphatic rings. The van der Waals surface area contributed by atoms with Crippen LogP contribution >= 0.6 is 0 Å². The number of ether oxygens (including phenoxy) is 1. The highest BCUT2D eigenvalue weighted by molar-refractivity contribution is 6.00. The van der Waals surface area contributed by atoms with Crippen LogP contribution in [0.4, 0.5) is 5.69 Å². The zero-order valence-corrected chi connectivity index (χ0v) is 15.9. The van der Waals surface area contributed by atoms with E-state index in [2.05, 4.69) is 15.2 Å². The molecule has 140 valence electrons. The smallest absolute Gasteiger partial charge is 0.339 e. The Balaban J connectivity index is 2.06. The summed E-state index contributed by atoms with van der Waals surface area (Å²) in [5, 5.41) is 2.93. The Morgan fingerprint density at radius 2 is 1.92 bits per heavy atom. The van der Waals surface area contributed by atoms with Crippen molar-refractivity contribution in [1.29, 1.82) is 0 Å². The van der Waals surface area contributed by atoms with Gasteiger partial charge in [-0.3, -0.25) is 4.79 Å². The number of amides is 1. The van der Waals surface area contributed by atoms with Crippen molar-refractivity contribution in [3.05, 3.63) is 52.8 Å². The number of aromatic amines is 1. The topological polar surface area (TPSA) is 74.4 Å². The van der Waals surface area contributed by atoms with Gasteiger partial charge in [-0.05, 0) is 31.0 Å². The first-order valence-electron chi connectivity index (χ1n) is 8.83. The second kappa shape index (κ2) is 9.08. The summed E-state index contributed by atoms with van der Waals surface area (Å²) in [6.45, 7) is 4.98. The number of aryl methyl sites for hydroxylation is 1. The number of carbonyl (C=O) groups is 2. The zero-order valence-electron chi connectivity index (χ0n) is 15.9. The molecule has 1 heterocycles. The van der Waals surface area contributed by atoms with Crippen LogP contribution in [0.2, 0.25) is 0 Å². The predicted molar refractivity (Wildman–Crippen MR) is 103 cm³/mol. The first-order valence-corrected chi connectivity index (χ1v) is 8.83. The number of benzene rings is 1. The van der Waals surface area contributed by atoms with Gasteiger partial charge in [-0.15, -0.1) is 0 Å². The molecule has 1 aromatic heterocycles. The maximum absolute atomic E-state index is 12.6. The van der Waals surface area contributed by atoms with Gasteiger partial charge < -0.3 is 19.9 Å². The van der Waals surface area contributed by atoms with Gasteiger partial charge in [-0.2, -0.15) is 0 Å². The van der Waals surface area contributed by atoms with Crippen LogP contribution in [0.15, 0.2) is 30.3 Å². The van der Waals surface area contributed by atoms with E-state index >= 15 is 0 Å². The van der Waals surface area contributed by atoms with Crippen LogP contribution in [0, 0.1) is 6.92 Å². The number of likely N-dealkylation sites (N-methyl/N-ethyl adjacent to an activating group) is 1. The van der Waals surface area contributed by atoms with Crippen molar-refractivity contribution in [2.75, 3.05) is 32.1 Å². The lowest BCUT2D eigenvalue weighted by Crippen LogP contribution is -2.33. The van der Waals surface area contributed by atoms with Crippen LogP contribution in [-0.4, -0.2) is 44.1 Å². The standard InChI is InChI=1S/C20H27N3O3/c1-5-9-16-17(20(25)26-4)14(2)22-18(16)19(24)21-12-13-23(3)15-10-7-6-8-11-15/h6-8,10-11,22H,5,9,12-13H2,1-4H3,(H,21,24). The van der Waals surface area contributed by atoms with Gasteiger partial charge in [0.15, 0.2) is 0 Å². The van der Waals surface area contributed by atoms with Crippen molar-refractivity contribution in [2.24, 2.45) is 0 Å². The van der Waals surface area contributed by atoms with Gasteiger partial charge in [0.2, 0.25) is 0 Å². The maximum Gasteiger partial charge on any atom is 0.339 e. The number of nitrogens with zero attached hydrogens (tertiary/aromatic N) is 1. The summed E-state index contributed by atoms with van der Waals surface area (Å²) in [6.07, 6.45) is 1.47. The largest absolute Gasteiger partial charge is 0.465 e. The minimum Gasteiger partial charge on any atom is -0.465 e. The highest BCUT2D eigenvalue weighted by atomic mass is 16.5. The van der Waals surface area contributed by atoms with Crippen molar-refractivity contribution in [3.63, 3.8) is 0 Å². The summed E-state index contributed by atoms with van der Waals surface area (Å²) < 4.78 is 4.86. The second-order valence-electron chi connectivity index (χ2n) is 6.23. The van der Waals surface area contributed by atoms with Gasteiger partial charge in [0.25, 0.3) is 5.91 Å². The SMILES string of the molecule is CCCc1c(C(=O)NCCN(C)c2ccccc2)[nH]c(C)c1C(=O)OC. The lowest BCUT2D eigenvalue weighted by Gasteiger charge is -2.19. The molecule has 0 aliphatic heterocycles. The number of methoxy groups -OCH3 is 1. The van der Waals surface area contributed by atoms with Crippen LogP contribution in [0.5, 0.6) is 0 Å². The minimum absolute atomic E-state index is 0.201. The Labute approximate surface area is 154 Å². The molecule has 0 bridgehead atoms. The van der Waals surface area contributed by atoms with E-state index in [0.717, 1.165) is 17.7 Å². The molecule has 6 heteroatoms. The van der Waals surface area contributed by atoms with Gasteiger partial charge in [0.05, 0.1) is 12.7 Å². The van der Waals surface area contributed by atoms with E-state index in [4.69, 9.17) is 4.74 Å². The third-order valence-corrected chi connectivity index (χ3v) is 4.34. The number of anilines is 1. The highest BCUT2D eigenvalue weighted by Gasteiger charge is 2.24. The van der Waals surface area contributed by atoms with E-state index in [9.17, 15) is 9.59 Å². The van der Waals surface area contributed by atoms with Crippen LogP contribution < -0.4 is 10.2 Å². The van der Waals surface area contributed by atoms with Gasteiger partial charge >= 0.3 is 5.97 Å². The molecule has 0 saturated carbocycles. The lowest BCUT2D eigenvalue weighted by molar-refractivity contribution is 0.0599. The number of hydrogen-bond donors (Lipinski definition) is 2. The Hall–Kier alpha value is -2.76. The molecule has 6 nitrogen and oxygen atoms in total. The maximum atomic E-state index is 12.6. The molecule has 0 aliphatic carbocycles. The number of aromatic nitrogens is 1. The first-order chi connectivity index (χ1) is 12.5. The highest BCUT2D eigenvalue weighted by Crippen LogP contribution is 2.21. The van der Waals surface area contributed by atoms with Crippen LogP contribution in [0.3, 0.4) is 0 Å². The number of rotatable bonds is 8. The first kappa shape index (κ1) is 19.6. The normalized spacial score (nSPS) is 10.5. The summed E-state index contributed by atoms with van der Waals surface area (Å²) in [6, 6.07) is 9.99. The second-order valence-corrected chi connectivity index (χ2v) is 6.23. The summed E-state index contributed by atoms with van der Waals surface area (Å²) >= 11 is 0. The van der Waals surface area contributed by atoms with Crippen molar-refractivity contribution in [1.82, 2.24) is 10.3 Å². The van der Waals surface area contributed by atoms with Gasteiger partial charge in [0.1, 0.15) is 5.69 Å². The monoisotopic (exact) mass is 357 g/mol. The fourth-order valence-electron chi connectivity index (χ4n) is 2.99. The Kier molecular flexibility index (Phi) is 6.83. The van der Waals surface area contributed by atoms with Crippen LogP contribution in [0.1, 0.15) is 45.4 Å². The van der Waals surface area contributed by atoms with E-state index in [0.29, 0.717) is 36.5 Å². The van der Waals surface area contributed by atoms with Crippen molar-refractivity contribution < 1.29 is 14.3 Å². The number of carbonyl (C=O) groups excluding carboxylic acids is 2. The third kappa shape index (κ3) is 4.45. The average molecular weight is 357 g/mol. The molecule has 1 aromatic carbocycles. The summed E-state index contributed by atoms with van der Waals surface area (Å²) in [7, 11) is 3.34. The molecule has 2 N–H and O–H groups in total. The van der Waals surface area contributed by atoms with E-state index in [1.54, 1.807) is 6.92 Å². The van der Waals surface area contributed by atoms with Crippen molar-refractivity contribution in [2.45, 2.75) is 26.7 Å². The minimum atomic E-state index is -0.412. The number of esters is 1. The molecule has 0 atom stereocenters. The lowest BCUT2D eigenvalue weighted by atomic mass is 10.0. The molecule has 0 radical (unpaired) electrons. The molecule has 0 unspecified atom stereocenters. The Morgan fingerprint density at radius 1 is 1.23 bits per heavy atom. The molecule has 26 heavy (non-hydrogen) atoms. The fraction of sp³-hybridized carbons (Fsp3) is 0.400. The summed E-state index contributed by atoms with van der Waals surface area (Å²) in [5.41, 5.74) is 3.41. The Morgan fingerprint density at radius 3 is 2.54 bits per heavy atom. The molecule has 0 spiro atoms. The zero-order chi connectivity index (χ0) is 19.1. The summed E-state index contributed by atoms with van der Waals surface area (Å²) in [4.78, 5) is 29.8. The summed E-state index contributed by atoms with van der Waals surface area (Å²) in [5.74, 6) is -0.613. The Bertz CT molecular complexity index is 753. The number of nitrogens with one attached hydrogen (secondary N) is 2. The molecular formula is C20H27N3O3. The molecule has 2 rings (SSSR count). The molecule has 2 aromatic rings. The number of H-pyrrole nitrogens is 1. The van der Waals surface area contributed by atoms with Crippen molar-refractivity contribution in [3.8, 4) is 0 Å². The quantitative estimate of drug-likeness (QED) is 0.713. The molecular weight excluding hydrogens is 330 g/mol. The average Bonchev–Trinajstić information content (AvgIpc) is 2.98. The fourth-order valence-corrected chi connectivity index (χ4v) is 2.99. The number of para-hydroxylation sites is 1. The van der Waals surface area contributed by atoms with E-state index < -0.39 is 5.97 Å². The van der Waals surface area contributed by atoms with E-state index in [1.807, 2.05) is 44.3 Å². The van der Waals surface area contributed by atoms with Gasteiger partial charge in [-0.1, -0.05) is 31.5 Å². The van der Waals surface area contributed by atoms with Gasteiger partial charge in [-0.25, -0.2) is 4.79 Å². The predicted octanol–water partition coefficient (Wildman–Crippen LogP) is 2.93. The third-order valence-electron chi connectivity index (χ3n) is 4.34. The van der Waals surface area contributed by atoms with Crippen LogP contribution in [0.25, 0.3) is 0 Å². The van der Waals surface area contributed by atoms with E-state index in [-0.39, 0.29) is 5.91 Å². The van der Waals surface area contributed by atoms with Crippen molar-refractivity contribution >= 4 is 17.6 Å².